The summed E-state index contributed by atoms with van der Waals surface area (Å²) in [5.41, 5.74) is 0.250. The maximum absolute atomic E-state index is 7.18. The fourth-order valence-electron chi connectivity index (χ4n) is 7.86. The number of hydrogen-bond acceptors (Lipinski definition) is 4. The molecule has 0 radical (unpaired) electrons. The third-order valence-electron chi connectivity index (χ3n) is 9.45. The van der Waals surface area contributed by atoms with Gasteiger partial charge in [-0.3, -0.25) is 0 Å². The molecular weight excluding hydrogens is 340 g/mol. The molecule has 0 aromatic rings. The Morgan fingerprint density at radius 1 is 0.852 bits per heavy atom. The second-order valence-electron chi connectivity index (χ2n) is 11.3. The summed E-state index contributed by atoms with van der Waals surface area (Å²) >= 11 is 0. The monoisotopic (exact) mass is 378 g/mol. The number of ether oxygens (including phenoxy) is 4. The molecule has 0 aromatic heterocycles. The SMILES string of the molecule is CC1CCC2C3(C)COC(C)(C)OC3CC[C@]2(C)[C@]12CCC1(CCOC1)O2. The lowest BCUT2D eigenvalue weighted by Gasteiger charge is -2.67. The van der Waals surface area contributed by atoms with Crippen LogP contribution >= 0.6 is 0 Å². The first-order valence-electron chi connectivity index (χ1n) is 11.2. The van der Waals surface area contributed by atoms with Crippen LogP contribution in [0.15, 0.2) is 0 Å². The van der Waals surface area contributed by atoms with Crippen molar-refractivity contribution in [1.29, 1.82) is 0 Å². The zero-order valence-corrected chi connectivity index (χ0v) is 17.9. The molecule has 0 aromatic carbocycles. The smallest absolute Gasteiger partial charge is 0.163 e. The second kappa shape index (κ2) is 5.71. The molecule has 2 saturated carbocycles. The Hall–Kier alpha value is -0.160. The van der Waals surface area contributed by atoms with Gasteiger partial charge in [-0.05, 0) is 64.2 Å². The third-order valence-corrected chi connectivity index (χ3v) is 9.45. The van der Waals surface area contributed by atoms with Crippen LogP contribution in [0.2, 0.25) is 0 Å². The Bertz CT molecular complexity index is 611. The first kappa shape index (κ1) is 18.8. The van der Waals surface area contributed by atoms with Crippen LogP contribution in [0.5, 0.6) is 0 Å². The number of hydrogen-bond donors (Lipinski definition) is 0. The lowest BCUT2D eigenvalue weighted by Crippen LogP contribution is -2.68. The van der Waals surface area contributed by atoms with Gasteiger partial charge in [0.25, 0.3) is 0 Å². The molecule has 5 aliphatic rings. The number of fused-ring (bicyclic) bond motifs is 4. The standard InChI is InChI=1S/C23H38O4/c1-16-6-7-17-20(4)14-25-19(2,3)26-18(20)8-9-21(17,5)23(16)11-10-22(27-23)12-13-24-15-22/h16-18H,6-15H2,1-5H3/t16?,17?,18?,20?,21-,22?,23-/m0/s1. The Balaban J connectivity index is 1.51. The van der Waals surface area contributed by atoms with Gasteiger partial charge in [-0.25, -0.2) is 0 Å². The molecule has 0 N–H and O–H groups in total. The van der Waals surface area contributed by atoms with Gasteiger partial charge in [0.1, 0.15) is 0 Å². The van der Waals surface area contributed by atoms with Crippen LogP contribution in [0.3, 0.4) is 0 Å². The van der Waals surface area contributed by atoms with Crippen molar-refractivity contribution >= 4 is 0 Å². The van der Waals surface area contributed by atoms with Gasteiger partial charge in [-0.2, -0.15) is 0 Å². The maximum atomic E-state index is 7.18. The zero-order valence-electron chi connectivity index (χ0n) is 17.9. The Morgan fingerprint density at radius 2 is 1.67 bits per heavy atom. The van der Waals surface area contributed by atoms with Crippen LogP contribution in [0.25, 0.3) is 0 Å². The van der Waals surface area contributed by atoms with Crippen molar-refractivity contribution in [2.45, 2.75) is 103 Å². The summed E-state index contributed by atoms with van der Waals surface area (Å²) in [4.78, 5) is 0. The van der Waals surface area contributed by atoms with Gasteiger partial charge in [0, 0.05) is 23.9 Å². The van der Waals surface area contributed by atoms with Crippen molar-refractivity contribution in [3.8, 4) is 0 Å². The summed E-state index contributed by atoms with van der Waals surface area (Å²) in [6, 6.07) is 0. The van der Waals surface area contributed by atoms with Gasteiger partial charge in [0.2, 0.25) is 0 Å². The van der Waals surface area contributed by atoms with Gasteiger partial charge < -0.3 is 18.9 Å². The van der Waals surface area contributed by atoms with Crippen LogP contribution in [0.4, 0.5) is 0 Å². The van der Waals surface area contributed by atoms with E-state index in [1.54, 1.807) is 0 Å². The Labute approximate surface area is 164 Å². The molecular formula is C23H38O4. The van der Waals surface area contributed by atoms with E-state index < -0.39 is 5.79 Å². The minimum absolute atomic E-state index is 0.00936. The minimum atomic E-state index is -0.452. The first-order chi connectivity index (χ1) is 12.7. The summed E-state index contributed by atoms with van der Waals surface area (Å²) in [5.74, 6) is 0.751. The van der Waals surface area contributed by atoms with Crippen molar-refractivity contribution in [2.24, 2.45) is 22.7 Å². The topological polar surface area (TPSA) is 36.9 Å². The van der Waals surface area contributed by atoms with Gasteiger partial charge in [0.15, 0.2) is 5.79 Å². The van der Waals surface area contributed by atoms with E-state index in [0.717, 1.165) is 32.7 Å². The van der Waals surface area contributed by atoms with Gasteiger partial charge in [0.05, 0.1) is 30.5 Å². The summed E-state index contributed by atoms with van der Waals surface area (Å²) in [6.07, 6.45) is 8.58. The fourth-order valence-corrected chi connectivity index (χ4v) is 7.86. The highest BCUT2D eigenvalue weighted by Crippen LogP contribution is 2.69. The Morgan fingerprint density at radius 3 is 2.41 bits per heavy atom. The first-order valence-corrected chi connectivity index (χ1v) is 11.2. The van der Waals surface area contributed by atoms with E-state index in [1.807, 2.05) is 0 Å². The van der Waals surface area contributed by atoms with E-state index in [-0.39, 0.29) is 22.0 Å². The minimum Gasteiger partial charge on any atom is -0.378 e. The average molecular weight is 379 g/mol. The van der Waals surface area contributed by atoms with Crippen molar-refractivity contribution in [1.82, 2.24) is 0 Å². The lowest BCUT2D eigenvalue weighted by molar-refractivity contribution is -0.358. The quantitative estimate of drug-likeness (QED) is 0.612. The largest absolute Gasteiger partial charge is 0.378 e. The third kappa shape index (κ3) is 2.42. The molecule has 3 heterocycles. The molecule has 5 unspecified atom stereocenters. The molecule has 7 atom stereocenters. The molecule has 27 heavy (non-hydrogen) atoms. The van der Waals surface area contributed by atoms with Crippen molar-refractivity contribution in [3.05, 3.63) is 0 Å². The van der Waals surface area contributed by atoms with Crippen LogP contribution in [-0.4, -0.2) is 42.9 Å². The molecule has 5 rings (SSSR count). The predicted molar refractivity (Wildman–Crippen MR) is 103 cm³/mol. The highest BCUT2D eigenvalue weighted by atomic mass is 16.7. The molecule has 4 heteroatoms. The van der Waals surface area contributed by atoms with Gasteiger partial charge >= 0.3 is 0 Å². The average Bonchev–Trinajstić information content (AvgIpc) is 3.23. The van der Waals surface area contributed by atoms with Crippen molar-refractivity contribution < 1.29 is 18.9 Å². The normalized spacial score (nSPS) is 57.0. The van der Waals surface area contributed by atoms with Crippen LogP contribution in [0.1, 0.15) is 79.6 Å². The lowest BCUT2D eigenvalue weighted by atomic mass is 9.43. The molecule has 3 aliphatic heterocycles. The fraction of sp³-hybridized carbons (Fsp3) is 1.00. The van der Waals surface area contributed by atoms with E-state index in [9.17, 15) is 0 Å². The number of rotatable bonds is 0. The molecule has 0 amide bonds. The summed E-state index contributed by atoms with van der Waals surface area (Å²) < 4.78 is 25.6. The molecule has 4 nitrogen and oxygen atoms in total. The molecule has 5 fully saturated rings. The van der Waals surface area contributed by atoms with Crippen LogP contribution in [-0.2, 0) is 18.9 Å². The van der Waals surface area contributed by atoms with E-state index >= 15 is 0 Å². The van der Waals surface area contributed by atoms with Gasteiger partial charge in [-0.15, -0.1) is 0 Å². The molecule has 2 spiro atoms. The van der Waals surface area contributed by atoms with Gasteiger partial charge in [-0.1, -0.05) is 20.8 Å². The molecule has 3 saturated heterocycles. The molecule has 0 bridgehead atoms. The summed E-state index contributed by atoms with van der Waals surface area (Å²) in [7, 11) is 0. The highest BCUT2D eigenvalue weighted by Gasteiger charge is 2.70. The van der Waals surface area contributed by atoms with E-state index in [0.29, 0.717) is 17.9 Å². The zero-order chi connectivity index (χ0) is 19.1. The van der Waals surface area contributed by atoms with Crippen molar-refractivity contribution in [2.75, 3.05) is 19.8 Å². The second-order valence-corrected chi connectivity index (χ2v) is 11.3. The maximum Gasteiger partial charge on any atom is 0.163 e. The molecule has 154 valence electrons. The highest BCUT2D eigenvalue weighted by molar-refractivity contribution is 5.18. The van der Waals surface area contributed by atoms with E-state index in [1.165, 1.54) is 32.1 Å². The van der Waals surface area contributed by atoms with Crippen molar-refractivity contribution in [3.63, 3.8) is 0 Å². The summed E-state index contributed by atoms with van der Waals surface area (Å²) in [5, 5.41) is 0. The van der Waals surface area contributed by atoms with Crippen LogP contribution < -0.4 is 0 Å². The predicted octanol–water partition coefficient (Wildman–Crippen LogP) is 4.70. The van der Waals surface area contributed by atoms with Crippen LogP contribution in [0, 0.1) is 22.7 Å². The Kier molecular flexibility index (Phi) is 3.99. The van der Waals surface area contributed by atoms with E-state index in [2.05, 4.69) is 34.6 Å². The summed E-state index contributed by atoms with van der Waals surface area (Å²) in [6.45, 7) is 14.0. The van der Waals surface area contributed by atoms with E-state index in [4.69, 9.17) is 18.9 Å². The molecule has 2 aliphatic carbocycles.